The monoisotopic (exact) mass is 751 g/mol. The van der Waals surface area contributed by atoms with Crippen molar-refractivity contribution in [1.82, 2.24) is 0 Å². The molecule has 6 heteroatoms. The molecule has 54 heavy (non-hydrogen) atoms. The summed E-state index contributed by atoms with van der Waals surface area (Å²) in [6.45, 7) is 5.13. The Balaban J connectivity index is 2.03. The number of benzene rings is 1. The predicted molar refractivity (Wildman–Crippen MR) is 227 cm³/mol. The number of allylic oxidation sites excluding steroid dienone is 8. The first kappa shape index (κ1) is 48.9. The van der Waals surface area contributed by atoms with E-state index < -0.39 is 0 Å². The summed E-state index contributed by atoms with van der Waals surface area (Å²) in [6, 6.07) is 5.32. The maximum absolute atomic E-state index is 12.3. The van der Waals surface area contributed by atoms with Crippen molar-refractivity contribution in [2.45, 2.75) is 187 Å². The van der Waals surface area contributed by atoms with Crippen molar-refractivity contribution >= 4 is 11.8 Å². The van der Waals surface area contributed by atoms with Crippen molar-refractivity contribution in [3.8, 4) is 11.5 Å². The Morgan fingerprint density at radius 3 is 1.59 bits per heavy atom. The number of unbranched alkanes of at least 4 members (excludes halogenated alkanes) is 16. The Hall–Kier alpha value is -3.12. The molecule has 0 aliphatic carbocycles. The Kier molecular flexibility index (Phi) is 34.6. The summed E-state index contributed by atoms with van der Waals surface area (Å²) in [5.74, 6) is 1.29. The Morgan fingerprint density at radius 2 is 1.04 bits per heavy atom. The molecule has 6 nitrogen and oxygen atoms in total. The van der Waals surface area contributed by atoms with E-state index >= 15 is 0 Å². The van der Waals surface area contributed by atoms with Gasteiger partial charge in [-0.05, 0) is 102 Å². The standard InChI is InChI=1S/C48H78O6/c1-3-5-7-9-11-13-15-17-19-21-23-25-27-29-31-34-45(50)35-33-39-52-46-37-38-47(44(42-46)43-49)53-40-41-54-48(51)36-32-30-28-26-24-22-20-18-16-14-12-10-8-6-4-2/h11-14,17-20,37-38,42,49H,3-10,15-16,21-36,39-41,43H2,1-2H3/b13-11-,14-12-,19-17-,20-18-. The second kappa shape index (κ2) is 38.2. The third-order valence-electron chi connectivity index (χ3n) is 9.41. The summed E-state index contributed by atoms with van der Waals surface area (Å²) in [5, 5.41) is 9.85. The maximum Gasteiger partial charge on any atom is 0.305 e. The molecule has 0 spiro atoms. The van der Waals surface area contributed by atoms with Gasteiger partial charge < -0.3 is 19.3 Å². The molecule has 306 valence electrons. The fourth-order valence-corrected chi connectivity index (χ4v) is 6.09. The molecule has 0 heterocycles. The van der Waals surface area contributed by atoms with Crippen molar-refractivity contribution in [2.75, 3.05) is 19.8 Å². The number of esters is 1. The summed E-state index contributed by atoms with van der Waals surface area (Å²) < 4.78 is 17.0. The number of ketones is 1. The van der Waals surface area contributed by atoms with E-state index in [0.29, 0.717) is 55.1 Å². The Morgan fingerprint density at radius 1 is 0.537 bits per heavy atom. The highest BCUT2D eigenvalue weighted by Gasteiger charge is 2.08. The molecule has 1 rings (SSSR count). The van der Waals surface area contributed by atoms with Crippen LogP contribution in [0.25, 0.3) is 0 Å². The van der Waals surface area contributed by atoms with Gasteiger partial charge in [0.15, 0.2) is 0 Å². The second-order valence-corrected chi connectivity index (χ2v) is 14.4. The average molecular weight is 751 g/mol. The minimum absolute atomic E-state index is 0.172. The van der Waals surface area contributed by atoms with Gasteiger partial charge in [-0.15, -0.1) is 0 Å². The third-order valence-corrected chi connectivity index (χ3v) is 9.41. The lowest BCUT2D eigenvalue weighted by molar-refractivity contribution is -0.144. The van der Waals surface area contributed by atoms with Crippen LogP contribution in [0.1, 0.15) is 186 Å². The van der Waals surface area contributed by atoms with Crippen LogP contribution in [0.2, 0.25) is 0 Å². The first-order valence-electron chi connectivity index (χ1n) is 21.9. The molecule has 0 radical (unpaired) electrons. The molecule has 0 saturated carbocycles. The van der Waals surface area contributed by atoms with E-state index in [1.807, 2.05) is 0 Å². The first-order chi connectivity index (χ1) is 26.6. The quantitative estimate of drug-likeness (QED) is 0.0412. The highest BCUT2D eigenvalue weighted by molar-refractivity contribution is 5.78. The predicted octanol–water partition coefficient (Wildman–Crippen LogP) is 13.5. The van der Waals surface area contributed by atoms with Crippen LogP contribution in [0.4, 0.5) is 0 Å². The fraction of sp³-hybridized carbons (Fsp3) is 0.667. The van der Waals surface area contributed by atoms with Crippen LogP contribution in [0.15, 0.2) is 66.8 Å². The van der Waals surface area contributed by atoms with Crippen LogP contribution in [-0.4, -0.2) is 36.7 Å². The molecule has 1 aromatic carbocycles. The second-order valence-electron chi connectivity index (χ2n) is 14.4. The molecule has 0 atom stereocenters. The number of rotatable bonds is 38. The lowest BCUT2D eigenvalue weighted by atomic mass is 10.1. The average Bonchev–Trinajstić information content (AvgIpc) is 3.18. The van der Waals surface area contributed by atoms with E-state index in [1.54, 1.807) is 18.2 Å². The number of Topliss-reactive ketones (excluding diaryl/α,β-unsaturated/α-hetero) is 1. The fourth-order valence-electron chi connectivity index (χ4n) is 6.09. The van der Waals surface area contributed by atoms with Gasteiger partial charge in [0.25, 0.3) is 0 Å². The smallest absolute Gasteiger partial charge is 0.305 e. The van der Waals surface area contributed by atoms with Gasteiger partial charge in [-0.25, -0.2) is 0 Å². The molecular weight excluding hydrogens is 673 g/mol. The highest BCUT2D eigenvalue weighted by Crippen LogP contribution is 2.25. The van der Waals surface area contributed by atoms with Crippen molar-refractivity contribution in [1.29, 1.82) is 0 Å². The summed E-state index contributed by atoms with van der Waals surface area (Å²) >= 11 is 0. The topological polar surface area (TPSA) is 82.1 Å². The van der Waals surface area contributed by atoms with Crippen LogP contribution in [0, 0.1) is 0 Å². The van der Waals surface area contributed by atoms with Gasteiger partial charge in [-0.3, -0.25) is 9.59 Å². The highest BCUT2D eigenvalue weighted by atomic mass is 16.6. The third kappa shape index (κ3) is 31.3. The largest absolute Gasteiger partial charge is 0.494 e. The summed E-state index contributed by atoms with van der Waals surface area (Å²) in [6.07, 6.45) is 46.2. The Bertz CT molecular complexity index is 1150. The van der Waals surface area contributed by atoms with E-state index in [1.165, 1.54) is 83.5 Å². The molecule has 0 saturated heterocycles. The number of aliphatic hydroxyl groups excluding tert-OH is 1. The van der Waals surface area contributed by atoms with Crippen molar-refractivity contribution < 1.29 is 28.9 Å². The minimum atomic E-state index is -0.195. The minimum Gasteiger partial charge on any atom is -0.494 e. The van der Waals surface area contributed by atoms with Crippen LogP contribution in [0.3, 0.4) is 0 Å². The van der Waals surface area contributed by atoms with Gasteiger partial charge in [-0.1, -0.05) is 127 Å². The van der Waals surface area contributed by atoms with E-state index in [0.717, 1.165) is 57.8 Å². The van der Waals surface area contributed by atoms with Crippen molar-refractivity contribution in [2.24, 2.45) is 0 Å². The van der Waals surface area contributed by atoms with Crippen molar-refractivity contribution in [3.63, 3.8) is 0 Å². The van der Waals surface area contributed by atoms with Crippen LogP contribution in [0.5, 0.6) is 11.5 Å². The van der Waals surface area contributed by atoms with Gasteiger partial charge in [-0.2, -0.15) is 0 Å². The van der Waals surface area contributed by atoms with Crippen LogP contribution < -0.4 is 9.47 Å². The molecule has 0 fully saturated rings. The van der Waals surface area contributed by atoms with E-state index in [4.69, 9.17) is 14.2 Å². The molecule has 0 bridgehead atoms. The van der Waals surface area contributed by atoms with Gasteiger partial charge in [0, 0.05) is 24.8 Å². The van der Waals surface area contributed by atoms with Crippen LogP contribution in [-0.2, 0) is 20.9 Å². The number of carbonyl (C=O) groups is 2. The van der Waals surface area contributed by atoms with E-state index in [2.05, 4.69) is 62.5 Å². The SMILES string of the molecule is CCCCC/C=C\C/C=C\CCCCCCCC(=O)CCCOc1ccc(OCCOC(=O)CCCCCCC/C=C\C/C=C\CCCCC)c(CO)c1. The molecule has 1 N–H and O–H groups in total. The zero-order valence-corrected chi connectivity index (χ0v) is 34.6. The molecule has 1 aromatic rings. The molecule has 0 aliphatic rings. The lowest BCUT2D eigenvalue weighted by Gasteiger charge is -2.13. The summed E-state index contributed by atoms with van der Waals surface area (Å²) in [5.41, 5.74) is 0.612. The van der Waals surface area contributed by atoms with Crippen LogP contribution >= 0.6 is 0 Å². The van der Waals surface area contributed by atoms with E-state index in [9.17, 15) is 14.7 Å². The normalized spacial score (nSPS) is 11.8. The molecule has 0 amide bonds. The zero-order chi connectivity index (χ0) is 39.0. The van der Waals surface area contributed by atoms with Gasteiger partial charge in [0.2, 0.25) is 0 Å². The molecule has 0 aliphatic heterocycles. The number of aliphatic hydroxyl groups is 1. The molecule has 0 unspecified atom stereocenters. The summed E-state index contributed by atoms with van der Waals surface area (Å²) in [7, 11) is 0. The number of carbonyl (C=O) groups excluding carboxylic acids is 2. The zero-order valence-electron chi connectivity index (χ0n) is 34.6. The number of ether oxygens (including phenoxy) is 3. The van der Waals surface area contributed by atoms with Gasteiger partial charge in [0.05, 0.1) is 13.2 Å². The number of hydrogen-bond acceptors (Lipinski definition) is 6. The lowest BCUT2D eigenvalue weighted by Crippen LogP contribution is -2.12. The van der Waals surface area contributed by atoms with E-state index in [-0.39, 0.29) is 25.8 Å². The first-order valence-corrected chi connectivity index (χ1v) is 21.9. The summed E-state index contributed by atoms with van der Waals surface area (Å²) in [4.78, 5) is 24.4. The van der Waals surface area contributed by atoms with Gasteiger partial charge >= 0.3 is 5.97 Å². The van der Waals surface area contributed by atoms with Crippen molar-refractivity contribution in [3.05, 3.63) is 72.4 Å². The molecule has 0 aromatic heterocycles. The van der Waals surface area contributed by atoms with Gasteiger partial charge in [0.1, 0.15) is 30.5 Å². The number of hydrogen-bond donors (Lipinski definition) is 1. The maximum atomic E-state index is 12.3. The molecular formula is C48H78O6. The Labute approximate surface area is 330 Å².